The summed E-state index contributed by atoms with van der Waals surface area (Å²) in [5, 5.41) is 4.67. The van der Waals surface area contributed by atoms with Crippen molar-refractivity contribution < 1.29 is 4.74 Å². The summed E-state index contributed by atoms with van der Waals surface area (Å²) in [7, 11) is 1.65. The highest BCUT2D eigenvalue weighted by atomic mass is 16.5. The lowest BCUT2D eigenvalue weighted by atomic mass is 9.65. The quantitative estimate of drug-likeness (QED) is 0.825. The van der Waals surface area contributed by atoms with Crippen LogP contribution in [0.15, 0.2) is 41.2 Å². The lowest BCUT2D eigenvalue weighted by Gasteiger charge is -2.39. The van der Waals surface area contributed by atoms with Gasteiger partial charge in [-0.05, 0) is 48.3 Å². The smallest absolute Gasteiger partial charge is 0.268 e. The molecule has 0 N–H and O–H groups in total. The van der Waals surface area contributed by atoms with Crippen molar-refractivity contribution in [1.29, 1.82) is 0 Å². The number of nitrogens with zero attached hydrogens (tertiary/aromatic N) is 3. The molecular weight excluding hydrogens is 338 g/mol. The molecule has 1 aromatic heterocycles. The van der Waals surface area contributed by atoms with Crippen LogP contribution in [0.5, 0.6) is 5.75 Å². The van der Waals surface area contributed by atoms with Crippen LogP contribution in [-0.2, 0) is 6.67 Å². The van der Waals surface area contributed by atoms with E-state index in [1.54, 1.807) is 23.9 Å². The molecule has 2 bridgehead atoms. The number of fused-ring (bicyclic) bond motifs is 2. The van der Waals surface area contributed by atoms with E-state index < -0.39 is 0 Å². The fourth-order valence-electron chi connectivity index (χ4n) is 5.46. The minimum atomic E-state index is -0.0560. The zero-order chi connectivity index (χ0) is 19.2. The average Bonchev–Trinajstić information content (AvgIpc) is 2.85. The Morgan fingerprint density at radius 2 is 1.93 bits per heavy atom. The molecule has 5 heteroatoms. The van der Waals surface area contributed by atoms with E-state index in [9.17, 15) is 4.79 Å². The van der Waals surface area contributed by atoms with E-state index in [4.69, 9.17) is 4.74 Å². The number of hydrogen-bond donors (Lipinski definition) is 0. The molecule has 1 saturated heterocycles. The van der Waals surface area contributed by atoms with Crippen molar-refractivity contribution >= 4 is 0 Å². The predicted octanol–water partition coefficient (Wildman–Crippen LogP) is 3.78. The number of aromatic nitrogens is 2. The van der Waals surface area contributed by atoms with Crippen LogP contribution in [0.25, 0.3) is 11.3 Å². The highest BCUT2D eigenvalue weighted by Crippen LogP contribution is 2.52. The summed E-state index contributed by atoms with van der Waals surface area (Å²) >= 11 is 0. The van der Waals surface area contributed by atoms with Gasteiger partial charge in [0.25, 0.3) is 5.56 Å². The van der Waals surface area contributed by atoms with E-state index in [0.717, 1.165) is 23.6 Å². The molecule has 144 valence electrons. The molecule has 0 unspecified atom stereocenters. The largest absolute Gasteiger partial charge is 0.496 e. The first-order valence-electron chi connectivity index (χ1n) is 9.74. The van der Waals surface area contributed by atoms with Crippen molar-refractivity contribution in [3.05, 3.63) is 46.8 Å². The number of methoxy groups -OCH3 is 1. The Labute approximate surface area is 161 Å². The van der Waals surface area contributed by atoms with Crippen molar-refractivity contribution in [3.63, 3.8) is 0 Å². The van der Waals surface area contributed by atoms with Gasteiger partial charge in [0.15, 0.2) is 0 Å². The zero-order valence-corrected chi connectivity index (χ0v) is 16.7. The van der Waals surface area contributed by atoms with Crippen molar-refractivity contribution in [3.8, 4) is 17.0 Å². The molecule has 2 fully saturated rings. The molecule has 0 amide bonds. The maximum Gasteiger partial charge on any atom is 0.268 e. The summed E-state index contributed by atoms with van der Waals surface area (Å²) in [6.07, 6.45) is 3.65. The molecule has 27 heavy (non-hydrogen) atoms. The number of benzene rings is 1. The molecule has 1 aliphatic heterocycles. The number of ether oxygens (including phenoxy) is 1. The van der Waals surface area contributed by atoms with E-state index in [1.165, 1.54) is 19.3 Å². The summed E-state index contributed by atoms with van der Waals surface area (Å²) in [6, 6.07) is 11.7. The summed E-state index contributed by atoms with van der Waals surface area (Å²) in [5.74, 6) is 0.765. The van der Waals surface area contributed by atoms with Crippen LogP contribution >= 0.6 is 0 Å². The van der Waals surface area contributed by atoms with Crippen molar-refractivity contribution in [1.82, 2.24) is 14.7 Å². The Morgan fingerprint density at radius 3 is 2.70 bits per heavy atom. The molecule has 4 rings (SSSR count). The minimum Gasteiger partial charge on any atom is -0.496 e. The third-order valence-corrected chi connectivity index (χ3v) is 6.09. The van der Waals surface area contributed by atoms with E-state index in [0.29, 0.717) is 23.5 Å². The van der Waals surface area contributed by atoms with Gasteiger partial charge < -0.3 is 4.74 Å². The van der Waals surface area contributed by atoms with Crippen LogP contribution in [-0.4, -0.2) is 34.4 Å². The van der Waals surface area contributed by atoms with Gasteiger partial charge in [0.1, 0.15) is 5.75 Å². The molecule has 1 aromatic carbocycles. The topological polar surface area (TPSA) is 47.4 Å². The Balaban J connectivity index is 1.63. The normalized spacial score (nSPS) is 26.9. The van der Waals surface area contributed by atoms with Crippen molar-refractivity contribution in [2.45, 2.75) is 52.7 Å². The molecule has 2 aliphatic rings. The second-order valence-corrected chi connectivity index (χ2v) is 9.36. The third-order valence-electron chi connectivity index (χ3n) is 6.09. The van der Waals surface area contributed by atoms with Gasteiger partial charge in [0.2, 0.25) is 0 Å². The summed E-state index contributed by atoms with van der Waals surface area (Å²) < 4.78 is 7.07. The van der Waals surface area contributed by atoms with Gasteiger partial charge in [-0.15, -0.1) is 0 Å². The zero-order valence-electron chi connectivity index (χ0n) is 16.7. The lowest BCUT2D eigenvalue weighted by molar-refractivity contribution is 0.119. The third kappa shape index (κ3) is 3.53. The van der Waals surface area contributed by atoms with Gasteiger partial charge in [-0.2, -0.15) is 5.10 Å². The second kappa shape index (κ2) is 6.48. The molecule has 2 atom stereocenters. The summed E-state index contributed by atoms with van der Waals surface area (Å²) in [6.45, 7) is 8.72. The van der Waals surface area contributed by atoms with Crippen LogP contribution < -0.4 is 10.3 Å². The van der Waals surface area contributed by atoms with Gasteiger partial charge in [-0.25, -0.2) is 4.68 Å². The predicted molar refractivity (Wildman–Crippen MR) is 107 cm³/mol. The molecule has 0 radical (unpaired) electrons. The lowest BCUT2D eigenvalue weighted by Crippen LogP contribution is -2.38. The van der Waals surface area contributed by atoms with Crippen LogP contribution in [0.1, 0.15) is 40.0 Å². The van der Waals surface area contributed by atoms with E-state index >= 15 is 0 Å². The average molecular weight is 367 g/mol. The van der Waals surface area contributed by atoms with Gasteiger partial charge in [-0.3, -0.25) is 9.69 Å². The fraction of sp³-hybridized carbons (Fsp3) is 0.545. The standard InChI is InChI=1S/C22H29N3O2/c1-21(2)11-16-12-22(3,13-21)14-24(16)15-25-20(26)10-9-18(23-25)17-7-5-6-8-19(17)27-4/h5-10,16H,11-15H2,1-4H3/t16-,22-/m1/s1. The monoisotopic (exact) mass is 367 g/mol. The number of rotatable bonds is 4. The first kappa shape index (κ1) is 18.2. The SMILES string of the molecule is COc1ccccc1-c1ccc(=O)n(CN2C[C@]3(C)C[C@H]2CC(C)(C)C3)n1. The first-order chi connectivity index (χ1) is 12.8. The highest BCUT2D eigenvalue weighted by molar-refractivity contribution is 5.66. The summed E-state index contributed by atoms with van der Waals surface area (Å²) in [4.78, 5) is 14.9. The second-order valence-electron chi connectivity index (χ2n) is 9.36. The maximum absolute atomic E-state index is 12.5. The van der Waals surface area contributed by atoms with Crippen molar-refractivity contribution in [2.24, 2.45) is 10.8 Å². The maximum atomic E-state index is 12.5. The highest BCUT2D eigenvalue weighted by Gasteiger charge is 2.49. The Bertz CT molecular complexity index is 904. The van der Waals surface area contributed by atoms with Crippen LogP contribution in [0.4, 0.5) is 0 Å². The Kier molecular flexibility index (Phi) is 4.38. The van der Waals surface area contributed by atoms with Crippen LogP contribution in [0, 0.1) is 10.8 Å². The van der Waals surface area contributed by atoms with Gasteiger partial charge in [0, 0.05) is 24.2 Å². The Morgan fingerprint density at radius 1 is 1.15 bits per heavy atom. The summed E-state index contributed by atoms with van der Waals surface area (Å²) in [5.41, 5.74) is 2.32. The van der Waals surface area contributed by atoms with Gasteiger partial charge in [0.05, 0.1) is 19.5 Å². The number of likely N-dealkylation sites (tertiary alicyclic amines) is 1. The van der Waals surface area contributed by atoms with E-state index in [2.05, 4.69) is 30.8 Å². The van der Waals surface area contributed by atoms with Crippen LogP contribution in [0.2, 0.25) is 0 Å². The van der Waals surface area contributed by atoms with Crippen molar-refractivity contribution in [2.75, 3.05) is 13.7 Å². The van der Waals surface area contributed by atoms with E-state index in [-0.39, 0.29) is 5.56 Å². The number of hydrogen-bond acceptors (Lipinski definition) is 4. The molecule has 2 heterocycles. The van der Waals surface area contributed by atoms with E-state index in [1.807, 2.05) is 24.3 Å². The fourth-order valence-corrected chi connectivity index (χ4v) is 5.46. The molecular formula is C22H29N3O2. The molecule has 2 aromatic rings. The first-order valence-corrected chi connectivity index (χ1v) is 9.74. The molecule has 0 spiro atoms. The van der Waals surface area contributed by atoms with Gasteiger partial charge >= 0.3 is 0 Å². The molecule has 5 nitrogen and oxygen atoms in total. The minimum absolute atomic E-state index is 0.0560. The molecule has 1 aliphatic carbocycles. The van der Waals surface area contributed by atoms with Crippen LogP contribution in [0.3, 0.4) is 0 Å². The Hall–Kier alpha value is -2.14. The number of para-hydroxylation sites is 1. The van der Waals surface area contributed by atoms with Gasteiger partial charge in [-0.1, -0.05) is 32.9 Å². The molecule has 1 saturated carbocycles.